The first-order chi connectivity index (χ1) is 10.8. The SMILES string of the molecule is Cc1ccc(C(F)(F)OC2CCC(CCCF)CC2)c(F)c1F. The second-order valence-electron chi connectivity index (χ2n) is 6.17. The minimum absolute atomic E-state index is 0.0320. The van der Waals surface area contributed by atoms with Gasteiger partial charge in [-0.15, -0.1) is 0 Å². The van der Waals surface area contributed by atoms with Gasteiger partial charge >= 0.3 is 6.11 Å². The predicted octanol–water partition coefficient (Wildman–Crippen LogP) is 5.65. The van der Waals surface area contributed by atoms with Crippen LogP contribution in [0.25, 0.3) is 0 Å². The maximum atomic E-state index is 14.1. The molecule has 0 N–H and O–H groups in total. The molecule has 1 saturated carbocycles. The van der Waals surface area contributed by atoms with Crippen molar-refractivity contribution in [2.75, 3.05) is 6.67 Å². The molecule has 1 aliphatic carbocycles. The molecule has 0 saturated heterocycles. The number of hydrogen-bond donors (Lipinski definition) is 0. The van der Waals surface area contributed by atoms with Crippen molar-refractivity contribution in [3.63, 3.8) is 0 Å². The quantitative estimate of drug-likeness (QED) is 0.610. The van der Waals surface area contributed by atoms with Gasteiger partial charge in [0.15, 0.2) is 11.6 Å². The third kappa shape index (κ3) is 4.43. The summed E-state index contributed by atoms with van der Waals surface area (Å²) in [6, 6.07) is 1.97. The van der Waals surface area contributed by atoms with E-state index in [2.05, 4.69) is 0 Å². The highest BCUT2D eigenvalue weighted by atomic mass is 19.3. The van der Waals surface area contributed by atoms with E-state index in [0.29, 0.717) is 38.0 Å². The largest absolute Gasteiger partial charge is 0.386 e. The molecular formula is C17H21F5O. The van der Waals surface area contributed by atoms with Gasteiger partial charge in [0.05, 0.1) is 18.3 Å². The summed E-state index contributed by atoms with van der Waals surface area (Å²) in [5.41, 5.74) is -1.10. The van der Waals surface area contributed by atoms with Crippen LogP contribution in [-0.2, 0) is 10.8 Å². The van der Waals surface area contributed by atoms with Crippen molar-refractivity contribution >= 4 is 0 Å². The predicted molar refractivity (Wildman–Crippen MR) is 77.0 cm³/mol. The van der Waals surface area contributed by atoms with Gasteiger partial charge in [-0.3, -0.25) is 4.39 Å². The van der Waals surface area contributed by atoms with Crippen LogP contribution in [0, 0.1) is 24.5 Å². The standard InChI is InChI=1S/C17H21F5O/c1-11-4-9-14(16(20)15(11)19)17(21,22)23-13-7-5-12(6-8-13)3-2-10-18/h4,9,12-13H,2-3,5-8,10H2,1H3. The normalized spacial score (nSPS) is 22.3. The first-order valence-corrected chi connectivity index (χ1v) is 7.91. The van der Waals surface area contributed by atoms with Crippen molar-refractivity contribution in [2.24, 2.45) is 5.92 Å². The minimum Gasteiger partial charge on any atom is -0.313 e. The van der Waals surface area contributed by atoms with Crippen LogP contribution in [0.4, 0.5) is 22.0 Å². The number of rotatable bonds is 6. The number of benzene rings is 1. The van der Waals surface area contributed by atoms with Gasteiger partial charge in [0.25, 0.3) is 0 Å². The summed E-state index contributed by atoms with van der Waals surface area (Å²) in [7, 11) is 0. The van der Waals surface area contributed by atoms with Gasteiger partial charge in [-0.05, 0) is 63.0 Å². The summed E-state index contributed by atoms with van der Waals surface area (Å²) in [4.78, 5) is 0. The van der Waals surface area contributed by atoms with Gasteiger partial charge in [-0.25, -0.2) is 8.78 Å². The van der Waals surface area contributed by atoms with E-state index in [4.69, 9.17) is 4.74 Å². The van der Waals surface area contributed by atoms with Crippen molar-refractivity contribution < 1.29 is 26.7 Å². The number of halogens is 5. The summed E-state index contributed by atoms with van der Waals surface area (Å²) < 4.78 is 72.4. The van der Waals surface area contributed by atoms with Crippen LogP contribution in [0.3, 0.4) is 0 Å². The molecule has 6 heteroatoms. The zero-order valence-corrected chi connectivity index (χ0v) is 13.1. The molecule has 130 valence electrons. The lowest BCUT2D eigenvalue weighted by Crippen LogP contribution is -2.30. The highest BCUT2D eigenvalue weighted by molar-refractivity contribution is 5.27. The molecule has 0 spiro atoms. The Bertz CT molecular complexity index is 524. The van der Waals surface area contributed by atoms with E-state index in [1.807, 2.05) is 0 Å². The molecule has 1 nitrogen and oxygen atoms in total. The molecule has 0 amide bonds. The molecule has 0 bridgehead atoms. The molecule has 0 atom stereocenters. The van der Waals surface area contributed by atoms with Crippen molar-refractivity contribution in [3.8, 4) is 0 Å². The second-order valence-corrected chi connectivity index (χ2v) is 6.17. The van der Waals surface area contributed by atoms with E-state index in [1.165, 1.54) is 6.92 Å². The van der Waals surface area contributed by atoms with Crippen molar-refractivity contribution in [1.29, 1.82) is 0 Å². The summed E-state index contributed by atoms with van der Waals surface area (Å²) in [5.74, 6) is -2.51. The van der Waals surface area contributed by atoms with Crippen LogP contribution in [0.15, 0.2) is 12.1 Å². The Balaban J connectivity index is 1.98. The topological polar surface area (TPSA) is 9.23 Å². The van der Waals surface area contributed by atoms with Crippen LogP contribution in [0.5, 0.6) is 0 Å². The molecule has 0 aliphatic heterocycles. The summed E-state index contributed by atoms with van der Waals surface area (Å²) >= 11 is 0. The molecule has 1 aromatic carbocycles. The van der Waals surface area contributed by atoms with Gasteiger partial charge in [-0.1, -0.05) is 6.07 Å². The third-order valence-corrected chi connectivity index (χ3v) is 4.44. The van der Waals surface area contributed by atoms with Crippen molar-refractivity contribution in [1.82, 2.24) is 0 Å². The lowest BCUT2D eigenvalue weighted by Gasteiger charge is -2.31. The number of alkyl halides is 3. The summed E-state index contributed by atoms with van der Waals surface area (Å²) in [5, 5.41) is 0. The van der Waals surface area contributed by atoms with Crippen LogP contribution in [-0.4, -0.2) is 12.8 Å². The van der Waals surface area contributed by atoms with Crippen molar-refractivity contribution in [2.45, 2.75) is 57.7 Å². The summed E-state index contributed by atoms with van der Waals surface area (Å²) in [6.07, 6.45) is -1.12. The fourth-order valence-electron chi connectivity index (χ4n) is 3.05. The van der Waals surface area contributed by atoms with Gasteiger partial charge in [0, 0.05) is 0 Å². The van der Waals surface area contributed by atoms with Gasteiger partial charge in [0.1, 0.15) is 0 Å². The Morgan fingerprint density at radius 2 is 1.74 bits per heavy atom. The van der Waals surface area contributed by atoms with Crippen molar-refractivity contribution in [3.05, 3.63) is 34.9 Å². The maximum absolute atomic E-state index is 14.1. The van der Waals surface area contributed by atoms with Crippen LogP contribution in [0.2, 0.25) is 0 Å². The molecular weight excluding hydrogens is 315 g/mol. The molecule has 0 aromatic heterocycles. The lowest BCUT2D eigenvalue weighted by molar-refractivity contribution is -0.279. The third-order valence-electron chi connectivity index (χ3n) is 4.44. The number of ether oxygens (including phenoxy) is 1. The average molecular weight is 336 g/mol. The van der Waals surface area contributed by atoms with E-state index in [1.54, 1.807) is 0 Å². The zero-order valence-electron chi connectivity index (χ0n) is 13.1. The fraction of sp³-hybridized carbons (Fsp3) is 0.647. The van der Waals surface area contributed by atoms with Gasteiger partial charge in [0.2, 0.25) is 0 Å². The molecule has 2 rings (SSSR count). The Morgan fingerprint density at radius 1 is 1.09 bits per heavy atom. The van der Waals surface area contributed by atoms with E-state index >= 15 is 0 Å². The summed E-state index contributed by atoms with van der Waals surface area (Å²) in [6.45, 7) is 0.937. The molecule has 1 fully saturated rings. The lowest BCUT2D eigenvalue weighted by atomic mass is 9.84. The van der Waals surface area contributed by atoms with Gasteiger partial charge < -0.3 is 4.74 Å². The first-order valence-electron chi connectivity index (χ1n) is 7.91. The Hall–Kier alpha value is -1.17. The molecule has 0 unspecified atom stereocenters. The van der Waals surface area contributed by atoms with Crippen LogP contribution < -0.4 is 0 Å². The molecule has 1 aliphatic rings. The molecule has 1 aromatic rings. The Labute approximate surface area is 132 Å². The fourth-order valence-corrected chi connectivity index (χ4v) is 3.05. The van der Waals surface area contributed by atoms with E-state index < -0.39 is 29.4 Å². The Kier molecular flexibility index (Phi) is 6.00. The zero-order chi connectivity index (χ0) is 17.0. The van der Waals surface area contributed by atoms with E-state index in [9.17, 15) is 22.0 Å². The monoisotopic (exact) mass is 336 g/mol. The minimum atomic E-state index is -3.87. The molecule has 0 heterocycles. The number of aryl methyl sites for hydroxylation is 1. The van der Waals surface area contributed by atoms with E-state index in [-0.39, 0.29) is 12.2 Å². The van der Waals surface area contributed by atoms with E-state index in [0.717, 1.165) is 18.6 Å². The maximum Gasteiger partial charge on any atom is 0.386 e. The molecule has 23 heavy (non-hydrogen) atoms. The number of hydrogen-bond acceptors (Lipinski definition) is 1. The average Bonchev–Trinajstić information content (AvgIpc) is 2.51. The highest BCUT2D eigenvalue weighted by Gasteiger charge is 2.40. The molecule has 0 radical (unpaired) electrons. The second kappa shape index (κ2) is 7.60. The highest BCUT2D eigenvalue weighted by Crippen LogP contribution is 2.38. The van der Waals surface area contributed by atoms with Crippen LogP contribution >= 0.6 is 0 Å². The smallest absolute Gasteiger partial charge is 0.313 e. The van der Waals surface area contributed by atoms with Gasteiger partial charge in [-0.2, -0.15) is 8.78 Å². The van der Waals surface area contributed by atoms with Crippen LogP contribution in [0.1, 0.15) is 49.7 Å². The Morgan fingerprint density at radius 3 is 2.35 bits per heavy atom. The first kappa shape index (κ1) is 18.2.